The average Bonchev–Trinajstić information content (AvgIpc) is 2.69. The molecular formula is C24H24N2O. The number of carbonyl (C=O) groups is 1. The molecule has 0 radical (unpaired) electrons. The molecule has 3 nitrogen and oxygen atoms in total. The van der Waals surface area contributed by atoms with E-state index in [0.29, 0.717) is 0 Å². The minimum Gasteiger partial charge on any atom is -0.378 e. The molecule has 2 unspecified atom stereocenters. The highest BCUT2D eigenvalue weighted by atomic mass is 16.2. The lowest BCUT2D eigenvalue weighted by Gasteiger charge is -2.40. The lowest BCUT2D eigenvalue weighted by molar-refractivity contribution is 0.0974. The van der Waals surface area contributed by atoms with Gasteiger partial charge in [-0.15, -0.1) is 0 Å². The molecule has 1 heterocycles. The van der Waals surface area contributed by atoms with E-state index in [9.17, 15) is 4.79 Å². The number of anilines is 2. The number of nitrogens with one attached hydrogen (secondary N) is 1. The smallest absolute Gasteiger partial charge is 0.258 e. The molecule has 0 saturated heterocycles. The summed E-state index contributed by atoms with van der Waals surface area (Å²) in [4.78, 5) is 15.2. The topological polar surface area (TPSA) is 32.3 Å². The van der Waals surface area contributed by atoms with Crippen LogP contribution in [0.5, 0.6) is 0 Å². The summed E-state index contributed by atoms with van der Waals surface area (Å²) in [6.07, 6.45) is 0.865. The summed E-state index contributed by atoms with van der Waals surface area (Å²) < 4.78 is 0. The molecule has 3 heteroatoms. The molecule has 4 rings (SSSR count). The third kappa shape index (κ3) is 3.45. The molecule has 27 heavy (non-hydrogen) atoms. The van der Waals surface area contributed by atoms with Crippen molar-refractivity contribution in [1.82, 2.24) is 0 Å². The van der Waals surface area contributed by atoms with Crippen molar-refractivity contribution in [1.29, 1.82) is 0 Å². The Morgan fingerprint density at radius 2 is 1.59 bits per heavy atom. The molecule has 2 atom stereocenters. The second kappa shape index (κ2) is 7.28. The summed E-state index contributed by atoms with van der Waals surface area (Å²) in [5, 5.41) is 3.64. The van der Waals surface area contributed by atoms with Gasteiger partial charge in [-0.05, 0) is 56.2 Å². The van der Waals surface area contributed by atoms with E-state index in [-0.39, 0.29) is 18.0 Å². The SMILES string of the molecule is Cc1ccc(C(=O)N2c3ccccc3C(Nc3ccccc3)CC2C)cc1. The van der Waals surface area contributed by atoms with Gasteiger partial charge in [-0.3, -0.25) is 4.79 Å². The molecule has 0 aliphatic carbocycles. The maximum absolute atomic E-state index is 13.3. The van der Waals surface area contributed by atoms with E-state index in [1.54, 1.807) is 0 Å². The van der Waals surface area contributed by atoms with Crippen LogP contribution < -0.4 is 10.2 Å². The second-order valence-corrected chi connectivity index (χ2v) is 7.25. The quantitative estimate of drug-likeness (QED) is 0.664. The van der Waals surface area contributed by atoms with E-state index >= 15 is 0 Å². The Morgan fingerprint density at radius 3 is 2.33 bits per heavy atom. The number of para-hydroxylation sites is 2. The molecule has 1 N–H and O–H groups in total. The van der Waals surface area contributed by atoms with Gasteiger partial charge in [0.15, 0.2) is 0 Å². The van der Waals surface area contributed by atoms with Crippen LogP contribution in [0.2, 0.25) is 0 Å². The van der Waals surface area contributed by atoms with E-state index < -0.39 is 0 Å². The number of benzene rings is 3. The number of hydrogen-bond donors (Lipinski definition) is 1. The Labute approximate surface area is 160 Å². The fourth-order valence-electron chi connectivity index (χ4n) is 3.83. The predicted molar refractivity (Wildman–Crippen MR) is 111 cm³/mol. The fourth-order valence-corrected chi connectivity index (χ4v) is 3.83. The van der Waals surface area contributed by atoms with Crippen LogP contribution in [0.4, 0.5) is 11.4 Å². The Hall–Kier alpha value is -3.07. The summed E-state index contributed by atoms with van der Waals surface area (Å²) in [5.74, 6) is 0.0631. The number of nitrogens with zero attached hydrogens (tertiary/aromatic N) is 1. The summed E-state index contributed by atoms with van der Waals surface area (Å²) in [6, 6.07) is 26.6. The molecule has 0 saturated carbocycles. The van der Waals surface area contributed by atoms with Crippen LogP contribution in [0.15, 0.2) is 78.9 Å². The van der Waals surface area contributed by atoms with Gasteiger partial charge in [-0.2, -0.15) is 0 Å². The number of fused-ring (bicyclic) bond motifs is 1. The number of rotatable bonds is 3. The molecule has 0 aromatic heterocycles. The zero-order valence-corrected chi connectivity index (χ0v) is 15.7. The van der Waals surface area contributed by atoms with Crippen molar-refractivity contribution >= 4 is 17.3 Å². The van der Waals surface area contributed by atoms with E-state index in [0.717, 1.165) is 28.9 Å². The predicted octanol–water partition coefficient (Wildman–Crippen LogP) is 5.59. The zero-order valence-electron chi connectivity index (χ0n) is 15.7. The molecule has 0 fully saturated rings. The van der Waals surface area contributed by atoms with Gasteiger partial charge in [-0.25, -0.2) is 0 Å². The van der Waals surface area contributed by atoms with Gasteiger partial charge < -0.3 is 10.2 Å². The average molecular weight is 356 g/mol. The number of aryl methyl sites for hydroxylation is 1. The van der Waals surface area contributed by atoms with Gasteiger partial charge in [0.25, 0.3) is 5.91 Å². The van der Waals surface area contributed by atoms with Crippen LogP contribution in [0.25, 0.3) is 0 Å². The van der Waals surface area contributed by atoms with Crippen molar-refractivity contribution in [3.63, 3.8) is 0 Å². The minimum absolute atomic E-state index is 0.0631. The molecule has 1 amide bonds. The van der Waals surface area contributed by atoms with E-state index in [2.05, 4.69) is 36.5 Å². The van der Waals surface area contributed by atoms with Crippen LogP contribution in [-0.2, 0) is 0 Å². The Kier molecular flexibility index (Phi) is 4.68. The lowest BCUT2D eigenvalue weighted by Crippen LogP contribution is -2.44. The number of amides is 1. The normalized spacial score (nSPS) is 18.7. The molecule has 1 aliphatic heterocycles. The first-order chi connectivity index (χ1) is 13.1. The van der Waals surface area contributed by atoms with Gasteiger partial charge in [-0.1, -0.05) is 54.1 Å². The van der Waals surface area contributed by atoms with Gasteiger partial charge in [0, 0.05) is 23.0 Å². The highest BCUT2D eigenvalue weighted by Gasteiger charge is 2.33. The summed E-state index contributed by atoms with van der Waals surface area (Å²) in [5.41, 5.74) is 5.15. The number of hydrogen-bond acceptors (Lipinski definition) is 2. The summed E-state index contributed by atoms with van der Waals surface area (Å²) >= 11 is 0. The van der Waals surface area contributed by atoms with Gasteiger partial charge in [0.1, 0.15) is 0 Å². The van der Waals surface area contributed by atoms with Crippen molar-refractivity contribution in [2.45, 2.75) is 32.4 Å². The van der Waals surface area contributed by atoms with Crippen molar-refractivity contribution in [2.24, 2.45) is 0 Å². The molecule has 136 valence electrons. The summed E-state index contributed by atoms with van der Waals surface area (Å²) in [7, 11) is 0. The Morgan fingerprint density at radius 1 is 0.926 bits per heavy atom. The highest BCUT2D eigenvalue weighted by Crippen LogP contribution is 2.39. The molecular weight excluding hydrogens is 332 g/mol. The standard InChI is InChI=1S/C24H24N2O/c1-17-12-14-19(15-13-17)24(27)26-18(2)16-22(21-10-6-7-11-23(21)26)25-20-8-4-3-5-9-20/h3-15,18,22,25H,16H2,1-2H3. The van der Waals surface area contributed by atoms with E-state index in [4.69, 9.17) is 0 Å². The van der Waals surface area contributed by atoms with Gasteiger partial charge >= 0.3 is 0 Å². The summed E-state index contributed by atoms with van der Waals surface area (Å²) in [6.45, 7) is 4.16. The van der Waals surface area contributed by atoms with Crippen molar-refractivity contribution in [2.75, 3.05) is 10.2 Å². The van der Waals surface area contributed by atoms with E-state index in [1.165, 1.54) is 5.56 Å². The minimum atomic E-state index is 0.0631. The zero-order chi connectivity index (χ0) is 18.8. The molecule has 3 aromatic rings. The van der Waals surface area contributed by atoms with Crippen molar-refractivity contribution in [3.8, 4) is 0 Å². The molecule has 0 bridgehead atoms. The van der Waals surface area contributed by atoms with Crippen LogP contribution in [0.3, 0.4) is 0 Å². The van der Waals surface area contributed by atoms with Crippen molar-refractivity contribution < 1.29 is 4.79 Å². The van der Waals surface area contributed by atoms with Crippen molar-refractivity contribution in [3.05, 3.63) is 95.6 Å². The first kappa shape index (κ1) is 17.3. The second-order valence-electron chi connectivity index (χ2n) is 7.25. The maximum Gasteiger partial charge on any atom is 0.258 e. The Bertz CT molecular complexity index is 934. The number of carbonyl (C=O) groups excluding carboxylic acids is 1. The fraction of sp³-hybridized carbons (Fsp3) is 0.208. The van der Waals surface area contributed by atoms with Gasteiger partial charge in [0.2, 0.25) is 0 Å². The van der Waals surface area contributed by atoms with Gasteiger partial charge in [0.05, 0.1) is 6.04 Å². The third-order valence-corrected chi connectivity index (χ3v) is 5.22. The van der Waals surface area contributed by atoms with E-state index in [1.807, 2.05) is 66.4 Å². The first-order valence-corrected chi connectivity index (χ1v) is 9.44. The molecule has 0 spiro atoms. The third-order valence-electron chi connectivity index (χ3n) is 5.22. The van der Waals surface area contributed by atoms with Crippen LogP contribution in [-0.4, -0.2) is 11.9 Å². The Balaban J connectivity index is 1.68. The monoisotopic (exact) mass is 356 g/mol. The first-order valence-electron chi connectivity index (χ1n) is 9.44. The van der Waals surface area contributed by atoms with Crippen LogP contribution >= 0.6 is 0 Å². The van der Waals surface area contributed by atoms with Crippen LogP contribution in [0, 0.1) is 6.92 Å². The van der Waals surface area contributed by atoms with Crippen LogP contribution in [0.1, 0.15) is 40.9 Å². The largest absolute Gasteiger partial charge is 0.378 e. The molecule has 1 aliphatic rings. The molecule has 3 aromatic carbocycles. The lowest BCUT2D eigenvalue weighted by atomic mass is 9.90. The highest BCUT2D eigenvalue weighted by molar-refractivity contribution is 6.07. The maximum atomic E-state index is 13.3.